The molecular formula is C27H21F6N5O. The molecule has 2 aliphatic rings. The average molecular weight is 545 g/mol. The van der Waals surface area contributed by atoms with Gasteiger partial charge in [-0.1, -0.05) is 18.2 Å². The van der Waals surface area contributed by atoms with E-state index in [4.69, 9.17) is 0 Å². The number of amides is 1. The quantitative estimate of drug-likeness (QED) is 0.234. The molecule has 2 aromatic carbocycles. The van der Waals surface area contributed by atoms with E-state index in [9.17, 15) is 31.1 Å². The number of nitrogens with zero attached hydrogens (tertiary/aromatic N) is 5. The van der Waals surface area contributed by atoms with Gasteiger partial charge in [-0.25, -0.2) is 17.9 Å². The number of carbonyl (C=O) groups excluding carboxylic acids is 1. The van der Waals surface area contributed by atoms with Crippen LogP contribution in [0.5, 0.6) is 0 Å². The minimum Gasteiger partial charge on any atom is -0.325 e. The fraction of sp³-hybridized carbons (Fsp3) is 0.296. The lowest BCUT2D eigenvalue weighted by Gasteiger charge is -2.45. The number of hydrogen-bond acceptors (Lipinski definition) is 3. The molecule has 1 amide bonds. The van der Waals surface area contributed by atoms with E-state index < -0.39 is 47.3 Å². The highest BCUT2D eigenvalue weighted by Gasteiger charge is 2.45. The smallest absolute Gasteiger partial charge is 0.325 e. The third-order valence-electron chi connectivity index (χ3n) is 7.39. The molecule has 0 N–H and O–H groups in total. The number of para-hydroxylation sites is 1. The Labute approximate surface area is 218 Å². The zero-order valence-electron chi connectivity index (χ0n) is 20.5. The first-order valence-electron chi connectivity index (χ1n) is 12.3. The molecule has 1 fully saturated rings. The van der Waals surface area contributed by atoms with Crippen molar-refractivity contribution < 1.29 is 31.1 Å². The molecule has 2 aliphatic heterocycles. The van der Waals surface area contributed by atoms with E-state index >= 15 is 0 Å². The van der Waals surface area contributed by atoms with Crippen LogP contribution in [0, 0.1) is 17.5 Å². The van der Waals surface area contributed by atoms with Crippen LogP contribution in [0.1, 0.15) is 52.7 Å². The predicted molar refractivity (Wildman–Crippen MR) is 127 cm³/mol. The van der Waals surface area contributed by atoms with Crippen LogP contribution < -0.4 is 0 Å². The Morgan fingerprint density at radius 3 is 2.33 bits per heavy atom. The van der Waals surface area contributed by atoms with Gasteiger partial charge in [0, 0.05) is 30.3 Å². The Hall–Kier alpha value is -4.09. The van der Waals surface area contributed by atoms with E-state index in [0.717, 1.165) is 29.3 Å². The Balaban J connectivity index is 1.41. The Morgan fingerprint density at radius 1 is 0.974 bits per heavy atom. The summed E-state index contributed by atoms with van der Waals surface area (Å²) in [4.78, 5) is 15.3. The average Bonchev–Trinajstić information content (AvgIpc) is 3.49. The summed E-state index contributed by atoms with van der Waals surface area (Å²) in [5.74, 6) is -4.89. The molecule has 0 saturated carbocycles. The largest absolute Gasteiger partial charge is 0.433 e. The number of alkyl halides is 3. The van der Waals surface area contributed by atoms with Crippen molar-refractivity contribution in [2.75, 3.05) is 0 Å². The van der Waals surface area contributed by atoms with Gasteiger partial charge in [0.2, 0.25) is 0 Å². The lowest BCUT2D eigenvalue weighted by molar-refractivity contribution is -0.142. The second-order valence-corrected chi connectivity index (χ2v) is 9.77. The second kappa shape index (κ2) is 8.99. The molecule has 6 rings (SSSR count). The summed E-state index contributed by atoms with van der Waals surface area (Å²) in [6.45, 7) is 0. The maximum absolute atomic E-state index is 14.0. The number of rotatable bonds is 3. The topological polar surface area (TPSA) is 56.0 Å². The maximum Gasteiger partial charge on any atom is 0.433 e. The molecule has 2 bridgehead atoms. The van der Waals surface area contributed by atoms with Crippen LogP contribution in [0.4, 0.5) is 26.3 Å². The monoisotopic (exact) mass is 545 g/mol. The Bertz CT molecular complexity index is 1570. The Kier molecular flexibility index (Phi) is 5.81. The van der Waals surface area contributed by atoms with Gasteiger partial charge in [0.15, 0.2) is 23.1 Å². The summed E-state index contributed by atoms with van der Waals surface area (Å²) in [6, 6.07) is 9.35. The zero-order chi connectivity index (χ0) is 27.6. The molecule has 0 unspecified atom stereocenters. The summed E-state index contributed by atoms with van der Waals surface area (Å²) < 4.78 is 85.5. The van der Waals surface area contributed by atoms with E-state index in [-0.39, 0.29) is 23.4 Å². The van der Waals surface area contributed by atoms with Gasteiger partial charge in [-0.2, -0.15) is 23.4 Å². The summed E-state index contributed by atoms with van der Waals surface area (Å²) >= 11 is 0. The molecule has 12 heteroatoms. The van der Waals surface area contributed by atoms with Gasteiger partial charge >= 0.3 is 6.18 Å². The van der Waals surface area contributed by atoms with Crippen LogP contribution in [0.25, 0.3) is 16.9 Å². The highest BCUT2D eigenvalue weighted by molar-refractivity contribution is 5.93. The first-order valence-corrected chi connectivity index (χ1v) is 12.3. The van der Waals surface area contributed by atoms with Crippen molar-refractivity contribution in [3.63, 3.8) is 0 Å². The van der Waals surface area contributed by atoms with Crippen molar-refractivity contribution in [2.45, 2.75) is 43.9 Å². The molecule has 6 nitrogen and oxygen atoms in total. The third-order valence-corrected chi connectivity index (χ3v) is 7.39. The van der Waals surface area contributed by atoms with Crippen molar-refractivity contribution in [1.29, 1.82) is 0 Å². The van der Waals surface area contributed by atoms with Crippen LogP contribution in [0.15, 0.2) is 48.5 Å². The number of halogens is 6. The minimum atomic E-state index is -4.75. The molecule has 4 heterocycles. The molecule has 4 aromatic rings. The van der Waals surface area contributed by atoms with Crippen LogP contribution in [-0.2, 0) is 19.6 Å². The normalized spacial score (nSPS) is 18.8. The maximum atomic E-state index is 14.0. The van der Waals surface area contributed by atoms with Gasteiger partial charge in [0.05, 0.1) is 23.1 Å². The Morgan fingerprint density at radius 2 is 1.67 bits per heavy atom. The van der Waals surface area contributed by atoms with Gasteiger partial charge < -0.3 is 4.90 Å². The lowest BCUT2D eigenvalue weighted by atomic mass is 9.81. The van der Waals surface area contributed by atoms with Crippen molar-refractivity contribution >= 4 is 5.91 Å². The fourth-order valence-electron chi connectivity index (χ4n) is 5.79. The van der Waals surface area contributed by atoms with Gasteiger partial charge in [-0.05, 0) is 49.9 Å². The zero-order valence-corrected chi connectivity index (χ0v) is 20.5. The highest BCUT2D eigenvalue weighted by atomic mass is 19.4. The van der Waals surface area contributed by atoms with E-state index in [2.05, 4.69) is 10.2 Å². The van der Waals surface area contributed by atoms with Crippen molar-refractivity contribution in [1.82, 2.24) is 24.5 Å². The summed E-state index contributed by atoms with van der Waals surface area (Å²) in [5, 5.41) is 8.61. The number of aryl methyl sites for hydroxylation is 1. The summed E-state index contributed by atoms with van der Waals surface area (Å²) in [5.41, 5.74) is 0.438. The standard InChI is InChI=1S/C27H21F6N5O/c1-36-25(14-10-18(28)23(30)19(29)11-14)17-12-16-8-5-9-21(24(17)35-36)37(16)26(39)20-13-22(27(31,32)33)38(34-20)15-6-3-2-4-7-15/h2-4,6-7,10-11,13,16,21H,5,8-9,12H2,1H3/t16-,21-/m1/s1. The van der Waals surface area contributed by atoms with E-state index in [1.54, 1.807) is 25.2 Å². The molecular weight excluding hydrogens is 524 g/mol. The molecule has 39 heavy (non-hydrogen) atoms. The first-order chi connectivity index (χ1) is 18.5. The van der Waals surface area contributed by atoms with E-state index in [1.165, 1.54) is 21.7 Å². The molecule has 202 valence electrons. The number of aromatic nitrogens is 4. The molecule has 0 radical (unpaired) electrons. The number of piperidine rings is 1. The van der Waals surface area contributed by atoms with Crippen LogP contribution in [-0.4, -0.2) is 36.4 Å². The first kappa shape index (κ1) is 25.2. The predicted octanol–water partition coefficient (Wildman–Crippen LogP) is 6.00. The van der Waals surface area contributed by atoms with Crippen molar-refractivity contribution in [3.8, 4) is 16.9 Å². The van der Waals surface area contributed by atoms with Gasteiger partial charge in [-0.3, -0.25) is 9.48 Å². The molecule has 0 spiro atoms. The molecule has 1 saturated heterocycles. The van der Waals surface area contributed by atoms with E-state index in [0.29, 0.717) is 29.8 Å². The number of fused-ring (bicyclic) bond motifs is 4. The molecule has 2 atom stereocenters. The highest BCUT2D eigenvalue weighted by Crippen LogP contribution is 2.45. The van der Waals surface area contributed by atoms with Crippen LogP contribution in [0.2, 0.25) is 0 Å². The minimum absolute atomic E-state index is 0.108. The van der Waals surface area contributed by atoms with Crippen LogP contribution >= 0.6 is 0 Å². The van der Waals surface area contributed by atoms with Crippen molar-refractivity contribution in [2.24, 2.45) is 7.05 Å². The number of carbonyl (C=O) groups is 1. The van der Waals surface area contributed by atoms with Crippen molar-refractivity contribution in [3.05, 3.63) is 88.6 Å². The van der Waals surface area contributed by atoms with Gasteiger partial charge in [0.1, 0.15) is 5.69 Å². The van der Waals surface area contributed by atoms with Gasteiger partial charge in [-0.15, -0.1) is 0 Å². The number of hydrogen-bond donors (Lipinski definition) is 0. The van der Waals surface area contributed by atoms with Gasteiger partial charge in [0.25, 0.3) is 5.91 Å². The lowest BCUT2D eigenvalue weighted by Crippen LogP contribution is -2.50. The fourth-order valence-corrected chi connectivity index (χ4v) is 5.79. The van der Waals surface area contributed by atoms with Crippen LogP contribution in [0.3, 0.4) is 0 Å². The summed E-state index contributed by atoms with van der Waals surface area (Å²) in [6.07, 6.45) is -2.64. The summed E-state index contributed by atoms with van der Waals surface area (Å²) in [7, 11) is 1.58. The third kappa shape index (κ3) is 4.09. The number of benzene rings is 2. The van der Waals surface area contributed by atoms with E-state index in [1.807, 2.05) is 0 Å². The second-order valence-electron chi connectivity index (χ2n) is 9.77. The molecule has 0 aliphatic carbocycles. The SMILES string of the molecule is Cn1nc2c(c1-c1cc(F)c(F)c(F)c1)C[C@H]1CCC[C@H]2N1C(=O)c1cc(C(F)(F)F)n(-c2ccccc2)n1. The molecule has 2 aromatic heterocycles.